The third-order valence-electron chi connectivity index (χ3n) is 5.09. The van der Waals surface area contributed by atoms with Crippen LogP contribution in [0.1, 0.15) is 43.0 Å². The van der Waals surface area contributed by atoms with Crippen LogP contribution in [0.2, 0.25) is 0 Å². The highest BCUT2D eigenvalue weighted by Crippen LogP contribution is 2.21. The second-order valence-corrected chi connectivity index (χ2v) is 8.17. The van der Waals surface area contributed by atoms with E-state index in [1.54, 1.807) is 25.5 Å². The number of ether oxygens (including phenoxy) is 1. The van der Waals surface area contributed by atoms with Gasteiger partial charge in [-0.2, -0.15) is 0 Å². The molecule has 1 saturated heterocycles. The van der Waals surface area contributed by atoms with Crippen LogP contribution in [0.15, 0.2) is 10.4 Å². The van der Waals surface area contributed by atoms with Crippen LogP contribution in [0.5, 0.6) is 0 Å². The van der Waals surface area contributed by atoms with Crippen LogP contribution in [0.4, 0.5) is 0 Å². The maximum absolute atomic E-state index is 11.4. The van der Waals surface area contributed by atoms with E-state index in [4.69, 9.17) is 10.5 Å². The third kappa shape index (κ3) is 8.35. The minimum absolute atomic E-state index is 0. The summed E-state index contributed by atoms with van der Waals surface area (Å²) in [6, 6.07) is 0. The summed E-state index contributed by atoms with van der Waals surface area (Å²) in [5.74, 6) is 0.683. The Hall–Kier alpha value is -0.980. The quantitative estimate of drug-likeness (QED) is 0.216. The monoisotopic (exact) mass is 538 g/mol. The minimum atomic E-state index is -0.171. The Labute approximate surface area is 195 Å². The first kappa shape index (κ1) is 26.1. The molecule has 1 amide bonds. The summed E-state index contributed by atoms with van der Waals surface area (Å²) in [6.07, 6.45) is 2.97. The molecule has 1 aromatic rings. The molecule has 0 aromatic carbocycles. The Balaban J connectivity index is 0.00000420. The molecule has 2 heterocycles. The van der Waals surface area contributed by atoms with Crippen molar-refractivity contribution in [3.63, 3.8) is 0 Å². The first-order valence-corrected chi connectivity index (χ1v) is 10.7. The molecule has 0 aliphatic carbocycles. The number of halogens is 1. The Morgan fingerprint density at radius 1 is 1.59 bits per heavy atom. The van der Waals surface area contributed by atoms with Crippen LogP contribution in [-0.4, -0.2) is 74.0 Å². The van der Waals surface area contributed by atoms with E-state index in [-0.39, 0.29) is 41.9 Å². The number of guanidine groups is 1. The van der Waals surface area contributed by atoms with Crippen LogP contribution < -0.4 is 11.1 Å². The van der Waals surface area contributed by atoms with Crippen LogP contribution in [0.3, 0.4) is 0 Å². The average molecular weight is 539 g/mol. The van der Waals surface area contributed by atoms with Gasteiger partial charge in [-0.3, -0.25) is 9.79 Å². The number of likely N-dealkylation sites (tertiary alicyclic amines) is 1. The Morgan fingerprint density at radius 2 is 2.34 bits per heavy atom. The molecule has 166 valence electrons. The molecule has 0 bridgehead atoms. The van der Waals surface area contributed by atoms with Gasteiger partial charge in [-0.15, -0.1) is 35.3 Å². The number of nitrogens with zero attached hydrogens (tertiary/aromatic N) is 4. The van der Waals surface area contributed by atoms with Crippen molar-refractivity contribution in [3.05, 3.63) is 16.1 Å². The topological polar surface area (TPSA) is 96.1 Å². The van der Waals surface area contributed by atoms with Crippen molar-refractivity contribution in [1.29, 1.82) is 0 Å². The summed E-state index contributed by atoms with van der Waals surface area (Å²) >= 11 is 1.62. The lowest BCUT2D eigenvalue weighted by Gasteiger charge is -2.31. The van der Waals surface area contributed by atoms with Gasteiger partial charge in [-0.25, -0.2) is 4.98 Å². The van der Waals surface area contributed by atoms with Crippen molar-refractivity contribution in [3.8, 4) is 0 Å². The molecule has 1 aliphatic rings. The molecule has 2 unspecified atom stereocenters. The summed E-state index contributed by atoms with van der Waals surface area (Å²) in [6.45, 7) is 6.32. The molecule has 2 atom stereocenters. The van der Waals surface area contributed by atoms with E-state index in [9.17, 15) is 4.79 Å². The van der Waals surface area contributed by atoms with Gasteiger partial charge in [0.15, 0.2) is 5.96 Å². The number of thiazole rings is 1. The summed E-state index contributed by atoms with van der Waals surface area (Å²) < 4.78 is 5.33. The number of nitrogens with one attached hydrogen (secondary N) is 1. The van der Waals surface area contributed by atoms with Gasteiger partial charge in [0.05, 0.1) is 18.2 Å². The maximum atomic E-state index is 11.4. The fourth-order valence-corrected chi connectivity index (χ4v) is 4.22. The number of aliphatic imine (C=N–C) groups is 1. The minimum Gasteiger partial charge on any atom is -0.375 e. The standard InChI is InChI=1S/C19H34N6O2S.HI/c1-14(27-4)18-23-16(13-28-18)12-24(3)19(21-2)22-8-6-10-25-9-5-7-15(11-25)17(20)26;/h13-15H,5-12H2,1-4H3,(H2,20,26)(H,21,22);1H. The van der Waals surface area contributed by atoms with Gasteiger partial charge in [-0.1, -0.05) is 0 Å². The van der Waals surface area contributed by atoms with E-state index in [1.165, 1.54) is 0 Å². The molecule has 2 rings (SSSR count). The number of primary amides is 1. The predicted molar refractivity (Wildman–Crippen MR) is 129 cm³/mol. The highest BCUT2D eigenvalue weighted by Gasteiger charge is 2.23. The summed E-state index contributed by atoms with van der Waals surface area (Å²) in [7, 11) is 5.50. The van der Waals surface area contributed by atoms with Gasteiger partial charge < -0.3 is 25.6 Å². The first-order valence-electron chi connectivity index (χ1n) is 9.85. The van der Waals surface area contributed by atoms with Crippen molar-refractivity contribution in [2.45, 2.75) is 38.8 Å². The van der Waals surface area contributed by atoms with Gasteiger partial charge in [-0.05, 0) is 39.3 Å². The summed E-state index contributed by atoms with van der Waals surface area (Å²) in [5, 5.41) is 6.47. The van der Waals surface area contributed by atoms with E-state index in [0.29, 0.717) is 6.54 Å². The third-order valence-corrected chi connectivity index (χ3v) is 6.14. The zero-order valence-corrected chi connectivity index (χ0v) is 21.0. The van der Waals surface area contributed by atoms with E-state index in [1.807, 2.05) is 14.0 Å². The number of rotatable bonds is 9. The smallest absolute Gasteiger partial charge is 0.221 e. The average Bonchev–Trinajstić information content (AvgIpc) is 3.16. The second-order valence-electron chi connectivity index (χ2n) is 7.28. The summed E-state index contributed by atoms with van der Waals surface area (Å²) in [5.41, 5.74) is 6.47. The molecule has 8 nitrogen and oxygen atoms in total. The number of hydrogen-bond acceptors (Lipinski definition) is 6. The zero-order valence-electron chi connectivity index (χ0n) is 17.9. The van der Waals surface area contributed by atoms with Crippen molar-refractivity contribution < 1.29 is 9.53 Å². The molecule has 1 fully saturated rings. The number of aromatic nitrogens is 1. The largest absolute Gasteiger partial charge is 0.375 e. The van der Waals surface area contributed by atoms with Crippen LogP contribution >= 0.6 is 35.3 Å². The zero-order chi connectivity index (χ0) is 20.5. The molecule has 0 radical (unpaired) electrons. The van der Waals surface area contributed by atoms with Crippen LogP contribution in [0.25, 0.3) is 0 Å². The van der Waals surface area contributed by atoms with Gasteiger partial charge in [0, 0.05) is 39.7 Å². The van der Waals surface area contributed by atoms with Crippen LogP contribution in [-0.2, 0) is 16.1 Å². The molecule has 0 spiro atoms. The molecule has 0 saturated carbocycles. The molecule has 10 heteroatoms. The van der Waals surface area contributed by atoms with Crippen LogP contribution in [0, 0.1) is 5.92 Å². The van der Waals surface area contributed by atoms with Gasteiger partial charge in [0.25, 0.3) is 0 Å². The highest BCUT2D eigenvalue weighted by molar-refractivity contribution is 14.0. The molecular formula is C19H35IN6O2S. The van der Waals surface area contributed by atoms with Crippen molar-refractivity contribution in [2.24, 2.45) is 16.6 Å². The summed E-state index contributed by atoms with van der Waals surface area (Å²) in [4.78, 5) is 24.8. The van der Waals surface area contributed by atoms with E-state index in [2.05, 4.69) is 30.5 Å². The highest BCUT2D eigenvalue weighted by atomic mass is 127. The van der Waals surface area contributed by atoms with Gasteiger partial charge >= 0.3 is 0 Å². The molecule has 3 N–H and O–H groups in total. The van der Waals surface area contributed by atoms with Gasteiger partial charge in [0.2, 0.25) is 5.91 Å². The second kappa shape index (κ2) is 13.3. The molecular weight excluding hydrogens is 503 g/mol. The van der Waals surface area contributed by atoms with Gasteiger partial charge in [0.1, 0.15) is 11.1 Å². The molecule has 29 heavy (non-hydrogen) atoms. The fourth-order valence-electron chi connectivity index (χ4n) is 3.38. The molecule has 1 aromatic heterocycles. The van der Waals surface area contributed by atoms with E-state index < -0.39 is 0 Å². The number of piperidine rings is 1. The van der Waals surface area contributed by atoms with E-state index in [0.717, 1.165) is 62.1 Å². The number of methoxy groups -OCH3 is 1. The van der Waals surface area contributed by atoms with Crippen molar-refractivity contribution in [1.82, 2.24) is 20.1 Å². The Bertz CT molecular complexity index is 656. The number of carbonyl (C=O) groups is 1. The van der Waals surface area contributed by atoms with Crippen molar-refractivity contribution in [2.75, 3.05) is 47.4 Å². The lowest BCUT2D eigenvalue weighted by atomic mass is 9.97. The lowest BCUT2D eigenvalue weighted by molar-refractivity contribution is -0.123. The first-order chi connectivity index (χ1) is 13.4. The fraction of sp³-hybridized carbons (Fsp3) is 0.737. The molecule has 1 aliphatic heterocycles. The predicted octanol–water partition coefficient (Wildman–Crippen LogP) is 2.06. The number of nitrogens with two attached hydrogens (primary N) is 1. The maximum Gasteiger partial charge on any atom is 0.221 e. The number of carbonyl (C=O) groups excluding carboxylic acids is 1. The Kier molecular flexibility index (Phi) is 12.0. The van der Waals surface area contributed by atoms with E-state index >= 15 is 0 Å². The lowest BCUT2D eigenvalue weighted by Crippen LogP contribution is -2.43. The van der Waals surface area contributed by atoms with Crippen molar-refractivity contribution >= 4 is 47.2 Å². The number of amides is 1. The Morgan fingerprint density at radius 3 is 3.00 bits per heavy atom. The SMILES string of the molecule is CN=C(NCCCN1CCCC(C(N)=O)C1)N(C)Cc1csc(C(C)OC)n1.I. The normalized spacial score (nSPS) is 18.8. The number of hydrogen-bond donors (Lipinski definition) is 2.